The van der Waals surface area contributed by atoms with Crippen molar-refractivity contribution in [2.24, 2.45) is 0 Å². The van der Waals surface area contributed by atoms with Gasteiger partial charge in [-0.15, -0.1) is 16.4 Å². The number of hydrogen-bond acceptors (Lipinski definition) is 5. The Kier molecular flexibility index (Phi) is 5.48. The van der Waals surface area contributed by atoms with Gasteiger partial charge in [-0.3, -0.25) is 0 Å². The molecule has 0 aromatic heterocycles. The fourth-order valence-corrected chi connectivity index (χ4v) is 3.49. The molecule has 2 unspecified atom stereocenters. The first-order valence-corrected chi connectivity index (χ1v) is 8.61. The lowest BCUT2D eigenvalue weighted by Crippen LogP contribution is -2.59. The van der Waals surface area contributed by atoms with Gasteiger partial charge in [-0.25, -0.2) is 13.4 Å². The van der Waals surface area contributed by atoms with Gasteiger partial charge in [0.15, 0.2) is 0 Å². The minimum absolute atomic E-state index is 0.0301. The van der Waals surface area contributed by atoms with E-state index < -0.39 is 20.8 Å². The van der Waals surface area contributed by atoms with Gasteiger partial charge in [0.2, 0.25) is 0 Å². The fourth-order valence-electron chi connectivity index (χ4n) is 1.83. The smallest absolute Gasteiger partial charge is 0.263 e. The Balaban J connectivity index is 2.13. The summed E-state index contributed by atoms with van der Waals surface area (Å²) >= 11 is 12.2. The van der Waals surface area contributed by atoms with E-state index in [1.807, 2.05) is 0 Å². The van der Waals surface area contributed by atoms with Crippen LogP contribution in [-0.2, 0) is 19.5 Å². The van der Waals surface area contributed by atoms with Gasteiger partial charge in [0.25, 0.3) is 15.3 Å². The lowest BCUT2D eigenvalue weighted by Gasteiger charge is -2.40. The third kappa shape index (κ3) is 4.29. The largest absolute Gasteiger partial charge is 0.337 e. The molecule has 1 heterocycles. The van der Waals surface area contributed by atoms with Crippen LogP contribution in [0.3, 0.4) is 0 Å². The maximum absolute atomic E-state index is 12.3. The quantitative estimate of drug-likeness (QED) is 0.643. The maximum Gasteiger partial charge on any atom is 0.263 e. The average molecular weight is 355 g/mol. The molecule has 9 heteroatoms. The summed E-state index contributed by atoms with van der Waals surface area (Å²) in [6, 6.07) is 7.98. The number of rotatable bonds is 5. The highest BCUT2D eigenvalue weighted by molar-refractivity contribution is 7.89. The van der Waals surface area contributed by atoms with Crippen molar-refractivity contribution in [2.45, 2.75) is 22.6 Å². The monoisotopic (exact) mass is 354 g/mol. The summed E-state index contributed by atoms with van der Waals surface area (Å²) < 4.78 is 35.1. The molecule has 1 aromatic carbocycles. The summed E-state index contributed by atoms with van der Waals surface area (Å²) in [5, 5.41) is -0.130. The molecule has 0 bridgehead atoms. The van der Waals surface area contributed by atoms with Crippen LogP contribution in [0.5, 0.6) is 0 Å². The van der Waals surface area contributed by atoms with Crippen LogP contribution in [0, 0.1) is 0 Å². The minimum Gasteiger partial charge on any atom is -0.337 e. The molecule has 1 aliphatic rings. The molecular weight excluding hydrogens is 339 g/mol. The van der Waals surface area contributed by atoms with Crippen LogP contribution < -0.4 is 4.83 Å². The number of hydrogen-bond donors (Lipinski definition) is 1. The zero-order chi connectivity index (χ0) is 15.5. The molecule has 2 rings (SSSR count). The Bertz CT molecular complexity index is 572. The number of nitrogens with zero attached hydrogens (tertiary/aromatic N) is 1. The van der Waals surface area contributed by atoms with Gasteiger partial charge in [-0.2, -0.15) is 0 Å². The van der Waals surface area contributed by atoms with E-state index in [2.05, 4.69) is 4.83 Å². The standard InChI is InChI=1S/C12H16Cl2N2O4S/c1-2-19-12(14)9-16(11(13)8-20-12)15-21(17,18)10-6-4-3-5-7-10/h3-7,11,15H,2,8-9H2,1H3. The summed E-state index contributed by atoms with van der Waals surface area (Å²) in [6.45, 7) is 2.08. The zero-order valence-corrected chi connectivity index (χ0v) is 13.7. The summed E-state index contributed by atoms with van der Waals surface area (Å²) in [7, 11) is -3.74. The number of nitrogens with one attached hydrogen (secondary N) is 1. The summed E-state index contributed by atoms with van der Waals surface area (Å²) in [4.78, 5) is 2.54. The molecule has 0 aliphatic carbocycles. The van der Waals surface area contributed by atoms with Crippen molar-refractivity contribution in [3.05, 3.63) is 30.3 Å². The van der Waals surface area contributed by atoms with Gasteiger partial charge in [0, 0.05) is 6.61 Å². The molecule has 1 aromatic rings. The predicted molar refractivity (Wildman–Crippen MR) is 79.3 cm³/mol. The number of sulfonamides is 1. The van der Waals surface area contributed by atoms with Crippen molar-refractivity contribution in [1.82, 2.24) is 9.84 Å². The van der Waals surface area contributed by atoms with Crippen molar-refractivity contribution in [3.8, 4) is 0 Å². The van der Waals surface area contributed by atoms with E-state index in [1.54, 1.807) is 25.1 Å². The van der Waals surface area contributed by atoms with Gasteiger partial charge >= 0.3 is 0 Å². The van der Waals surface area contributed by atoms with Gasteiger partial charge in [0.05, 0.1) is 18.0 Å². The summed E-state index contributed by atoms with van der Waals surface area (Å²) in [6.07, 6.45) is 0. The second-order valence-corrected chi connectivity index (χ2v) is 7.11. The third-order valence-electron chi connectivity index (χ3n) is 2.78. The molecule has 118 valence electrons. The highest BCUT2D eigenvalue weighted by Gasteiger charge is 2.41. The van der Waals surface area contributed by atoms with E-state index in [-0.39, 0.29) is 18.0 Å². The van der Waals surface area contributed by atoms with Crippen LogP contribution in [0.4, 0.5) is 0 Å². The second-order valence-electron chi connectivity index (χ2n) is 4.37. The number of morpholine rings is 1. The molecule has 1 saturated heterocycles. The molecule has 0 radical (unpaired) electrons. The van der Waals surface area contributed by atoms with Crippen LogP contribution in [0.1, 0.15) is 6.92 Å². The topological polar surface area (TPSA) is 67.9 Å². The molecule has 1 N–H and O–H groups in total. The Morgan fingerprint density at radius 2 is 2.14 bits per heavy atom. The highest BCUT2D eigenvalue weighted by atomic mass is 35.5. The van der Waals surface area contributed by atoms with Crippen LogP contribution in [0.15, 0.2) is 35.2 Å². The van der Waals surface area contributed by atoms with Gasteiger partial charge in [-0.1, -0.05) is 29.8 Å². The van der Waals surface area contributed by atoms with Crippen LogP contribution in [0.2, 0.25) is 0 Å². The van der Waals surface area contributed by atoms with E-state index >= 15 is 0 Å². The molecule has 2 atom stereocenters. The zero-order valence-electron chi connectivity index (χ0n) is 11.3. The molecule has 21 heavy (non-hydrogen) atoms. The lowest BCUT2D eigenvalue weighted by atomic mass is 10.4. The normalized spacial score (nSPS) is 27.7. The Hall–Kier alpha value is -0.410. The Morgan fingerprint density at radius 3 is 2.76 bits per heavy atom. The average Bonchev–Trinajstić information content (AvgIpc) is 2.44. The molecule has 1 fully saturated rings. The first kappa shape index (κ1) is 17.0. The van der Waals surface area contributed by atoms with Crippen LogP contribution >= 0.6 is 23.2 Å². The van der Waals surface area contributed by atoms with Crippen molar-refractivity contribution >= 4 is 33.2 Å². The second kappa shape index (κ2) is 6.78. The molecular formula is C12H16Cl2N2O4S. The molecule has 0 saturated carbocycles. The van der Waals surface area contributed by atoms with E-state index in [1.165, 1.54) is 17.1 Å². The molecule has 0 spiro atoms. The fraction of sp³-hybridized carbons (Fsp3) is 0.500. The van der Waals surface area contributed by atoms with Crippen LogP contribution in [-0.4, -0.2) is 43.9 Å². The van der Waals surface area contributed by atoms with Crippen LogP contribution in [0.25, 0.3) is 0 Å². The van der Waals surface area contributed by atoms with Gasteiger partial charge in [-0.05, 0) is 19.1 Å². The lowest BCUT2D eigenvalue weighted by molar-refractivity contribution is -0.218. The van der Waals surface area contributed by atoms with E-state index in [0.29, 0.717) is 6.61 Å². The van der Waals surface area contributed by atoms with Gasteiger partial charge < -0.3 is 9.47 Å². The number of ether oxygens (including phenoxy) is 2. The SMILES string of the molecule is CCOC1(Cl)CN(NS(=O)(=O)c2ccccc2)C(Cl)CO1. The maximum atomic E-state index is 12.3. The first-order chi connectivity index (χ1) is 9.86. The molecule has 0 amide bonds. The van der Waals surface area contributed by atoms with Crippen molar-refractivity contribution in [3.63, 3.8) is 0 Å². The van der Waals surface area contributed by atoms with E-state index in [4.69, 9.17) is 32.7 Å². The number of halogens is 2. The summed E-state index contributed by atoms with van der Waals surface area (Å²) in [5.41, 5.74) is -0.684. The highest BCUT2D eigenvalue weighted by Crippen LogP contribution is 2.27. The van der Waals surface area contributed by atoms with Gasteiger partial charge in [0.1, 0.15) is 5.50 Å². The molecule has 6 nitrogen and oxygen atoms in total. The van der Waals surface area contributed by atoms with Crippen molar-refractivity contribution in [2.75, 3.05) is 19.8 Å². The molecule has 1 aliphatic heterocycles. The number of hydrazine groups is 1. The summed E-state index contributed by atoms with van der Waals surface area (Å²) in [5.74, 6) is 0. The minimum atomic E-state index is -3.74. The number of benzene rings is 1. The third-order valence-corrected chi connectivity index (χ3v) is 4.85. The Labute approximate surface area is 133 Å². The Morgan fingerprint density at radius 1 is 1.48 bits per heavy atom. The van der Waals surface area contributed by atoms with Crippen molar-refractivity contribution < 1.29 is 17.9 Å². The van der Waals surface area contributed by atoms with E-state index in [9.17, 15) is 8.42 Å². The van der Waals surface area contributed by atoms with Crippen molar-refractivity contribution in [1.29, 1.82) is 0 Å². The van der Waals surface area contributed by atoms with E-state index in [0.717, 1.165) is 0 Å². The first-order valence-electron chi connectivity index (χ1n) is 6.31. The predicted octanol–water partition coefficient (Wildman–Crippen LogP) is 1.71. The number of alkyl halides is 2.